The summed E-state index contributed by atoms with van der Waals surface area (Å²) in [5.41, 5.74) is 0. The smallest absolute Gasteiger partial charge is 0.306 e. The number of unbranched alkanes of at least 4 members (excludes halogenated alkanes) is 16. The normalized spacial score (nSPS) is 12.7. The van der Waals surface area contributed by atoms with Gasteiger partial charge in [0.15, 0.2) is 0 Å². The van der Waals surface area contributed by atoms with Crippen LogP contribution in [0.2, 0.25) is 0 Å². The second kappa shape index (κ2) is 23.6. The maximum atomic E-state index is 11.6. The predicted molar refractivity (Wildman–Crippen MR) is 142 cm³/mol. The molecule has 192 valence electrons. The third-order valence-corrected chi connectivity index (χ3v) is 7.02. The van der Waals surface area contributed by atoms with E-state index in [9.17, 15) is 9.90 Å². The van der Waals surface area contributed by atoms with Gasteiger partial charge < -0.3 is 5.11 Å². The Morgan fingerprint density at radius 3 is 0.875 bits per heavy atom. The topological polar surface area (TPSA) is 37.3 Å². The summed E-state index contributed by atoms with van der Waals surface area (Å²) in [6.45, 7) is 9.25. The van der Waals surface area contributed by atoms with Crippen molar-refractivity contribution in [3.63, 3.8) is 0 Å². The van der Waals surface area contributed by atoms with E-state index < -0.39 is 5.97 Å². The Morgan fingerprint density at radius 2 is 0.656 bits per heavy atom. The van der Waals surface area contributed by atoms with Crippen LogP contribution >= 0.6 is 0 Å². The predicted octanol–water partition coefficient (Wildman–Crippen LogP) is 10.6. The van der Waals surface area contributed by atoms with E-state index in [2.05, 4.69) is 27.7 Å². The molecule has 0 amide bonds. The van der Waals surface area contributed by atoms with E-state index in [1.807, 2.05) is 0 Å². The van der Waals surface area contributed by atoms with E-state index in [0.717, 1.165) is 37.5 Å². The molecule has 0 fully saturated rings. The molecule has 0 aliphatic rings. The fraction of sp³-hybridized carbons (Fsp3) is 0.967. The lowest BCUT2D eigenvalue weighted by molar-refractivity contribution is -0.142. The number of carbonyl (C=O) groups is 1. The highest BCUT2D eigenvalue weighted by Crippen LogP contribution is 2.20. The van der Waals surface area contributed by atoms with Crippen molar-refractivity contribution in [2.24, 2.45) is 17.8 Å². The molecule has 0 aromatic heterocycles. The first-order chi connectivity index (χ1) is 15.4. The molecule has 1 atom stereocenters. The van der Waals surface area contributed by atoms with Crippen molar-refractivity contribution in [1.82, 2.24) is 0 Å². The van der Waals surface area contributed by atoms with E-state index in [1.165, 1.54) is 116 Å². The summed E-state index contributed by atoms with van der Waals surface area (Å²) in [5.74, 6) is 1.04. The third-order valence-electron chi connectivity index (χ3n) is 7.02. The Labute approximate surface area is 202 Å². The fourth-order valence-electron chi connectivity index (χ4n) is 4.75. The monoisotopic (exact) mass is 452 g/mol. The summed E-state index contributed by atoms with van der Waals surface area (Å²) in [6.07, 6.45) is 28.3. The van der Waals surface area contributed by atoms with Gasteiger partial charge in [-0.2, -0.15) is 0 Å². The van der Waals surface area contributed by atoms with Gasteiger partial charge in [-0.3, -0.25) is 4.79 Å². The van der Waals surface area contributed by atoms with Crippen molar-refractivity contribution in [2.45, 2.75) is 169 Å². The molecule has 0 aromatic rings. The Balaban J connectivity index is 3.45. The highest BCUT2D eigenvalue weighted by Gasteiger charge is 2.16. The van der Waals surface area contributed by atoms with Crippen molar-refractivity contribution < 1.29 is 9.90 Å². The van der Waals surface area contributed by atoms with Gasteiger partial charge in [0, 0.05) is 0 Å². The Morgan fingerprint density at radius 1 is 0.438 bits per heavy atom. The number of hydrogen-bond donors (Lipinski definition) is 1. The van der Waals surface area contributed by atoms with E-state index in [4.69, 9.17) is 0 Å². The molecule has 0 saturated heterocycles. The first kappa shape index (κ1) is 31.5. The third kappa shape index (κ3) is 24.1. The van der Waals surface area contributed by atoms with Crippen molar-refractivity contribution in [3.05, 3.63) is 0 Å². The lowest BCUT2D eigenvalue weighted by Gasteiger charge is -2.12. The molecule has 32 heavy (non-hydrogen) atoms. The number of carboxylic acids is 1. The maximum Gasteiger partial charge on any atom is 0.306 e. The number of hydrogen-bond acceptors (Lipinski definition) is 1. The summed E-state index contributed by atoms with van der Waals surface area (Å²) in [4.78, 5) is 11.6. The largest absolute Gasteiger partial charge is 0.481 e. The fourth-order valence-corrected chi connectivity index (χ4v) is 4.75. The zero-order valence-corrected chi connectivity index (χ0v) is 22.6. The lowest BCUT2D eigenvalue weighted by atomic mass is 9.94. The highest BCUT2D eigenvalue weighted by atomic mass is 16.4. The van der Waals surface area contributed by atoms with Gasteiger partial charge in [0.25, 0.3) is 0 Å². The lowest BCUT2D eigenvalue weighted by Crippen LogP contribution is -2.13. The Bertz CT molecular complexity index is 388. The van der Waals surface area contributed by atoms with Crippen molar-refractivity contribution in [3.8, 4) is 0 Å². The molecule has 2 nitrogen and oxygen atoms in total. The van der Waals surface area contributed by atoms with Gasteiger partial charge in [-0.25, -0.2) is 0 Å². The molecule has 0 bridgehead atoms. The van der Waals surface area contributed by atoms with Crippen LogP contribution in [0.1, 0.15) is 169 Å². The SMILES string of the molecule is CC(C)CCCCCCCCCCCCC(CCCCCCCCCCC(C)C)C(=O)O. The summed E-state index contributed by atoms with van der Waals surface area (Å²) < 4.78 is 0. The summed E-state index contributed by atoms with van der Waals surface area (Å²) in [5, 5.41) is 9.53. The average molecular weight is 453 g/mol. The Hall–Kier alpha value is -0.530. The van der Waals surface area contributed by atoms with Crippen LogP contribution in [0, 0.1) is 17.8 Å². The minimum Gasteiger partial charge on any atom is -0.481 e. The van der Waals surface area contributed by atoms with E-state index in [-0.39, 0.29) is 5.92 Å². The zero-order valence-electron chi connectivity index (χ0n) is 22.6. The van der Waals surface area contributed by atoms with Gasteiger partial charge in [-0.1, -0.05) is 156 Å². The molecule has 0 aromatic carbocycles. The van der Waals surface area contributed by atoms with Gasteiger partial charge in [0.1, 0.15) is 0 Å². The quantitative estimate of drug-likeness (QED) is 0.140. The first-order valence-corrected chi connectivity index (χ1v) is 14.7. The van der Waals surface area contributed by atoms with E-state index in [1.54, 1.807) is 0 Å². The van der Waals surface area contributed by atoms with Crippen LogP contribution in [-0.4, -0.2) is 11.1 Å². The van der Waals surface area contributed by atoms with Crippen molar-refractivity contribution >= 4 is 5.97 Å². The standard InChI is InChI=1S/C30H60O2/c1-27(2)23-19-15-11-7-5-6-8-13-17-21-25-29(30(31)32)26-22-18-14-10-9-12-16-20-24-28(3)4/h27-29H,5-26H2,1-4H3,(H,31,32). The van der Waals surface area contributed by atoms with Gasteiger partial charge in [-0.05, 0) is 24.7 Å². The zero-order chi connectivity index (χ0) is 23.9. The first-order valence-electron chi connectivity index (χ1n) is 14.7. The van der Waals surface area contributed by atoms with Crippen molar-refractivity contribution in [2.75, 3.05) is 0 Å². The molecule has 1 N–H and O–H groups in total. The average Bonchev–Trinajstić information content (AvgIpc) is 2.73. The molecular formula is C30H60O2. The van der Waals surface area contributed by atoms with Crippen LogP contribution in [-0.2, 0) is 4.79 Å². The van der Waals surface area contributed by atoms with Gasteiger partial charge in [0.2, 0.25) is 0 Å². The summed E-state index contributed by atoms with van der Waals surface area (Å²) in [7, 11) is 0. The van der Waals surface area contributed by atoms with Crippen LogP contribution in [0.3, 0.4) is 0 Å². The molecule has 0 aliphatic carbocycles. The second-order valence-electron chi connectivity index (χ2n) is 11.3. The van der Waals surface area contributed by atoms with Crippen LogP contribution < -0.4 is 0 Å². The van der Waals surface area contributed by atoms with Gasteiger partial charge in [-0.15, -0.1) is 0 Å². The van der Waals surface area contributed by atoms with Gasteiger partial charge in [0.05, 0.1) is 5.92 Å². The molecule has 0 saturated carbocycles. The van der Waals surface area contributed by atoms with Crippen LogP contribution in [0.25, 0.3) is 0 Å². The van der Waals surface area contributed by atoms with Crippen molar-refractivity contribution in [1.29, 1.82) is 0 Å². The molecule has 2 heteroatoms. The minimum atomic E-state index is -0.562. The van der Waals surface area contributed by atoms with Crippen LogP contribution in [0.4, 0.5) is 0 Å². The molecule has 0 radical (unpaired) electrons. The van der Waals surface area contributed by atoms with Crippen LogP contribution in [0.5, 0.6) is 0 Å². The molecular weight excluding hydrogens is 392 g/mol. The number of rotatable bonds is 25. The molecule has 0 rings (SSSR count). The summed E-state index contributed by atoms with van der Waals surface area (Å²) >= 11 is 0. The van der Waals surface area contributed by atoms with E-state index in [0.29, 0.717) is 0 Å². The molecule has 0 spiro atoms. The molecule has 0 aliphatic heterocycles. The number of carboxylic acid groups (broad SMARTS) is 1. The number of aliphatic carboxylic acids is 1. The Kier molecular flexibility index (Phi) is 23.2. The molecule has 1 unspecified atom stereocenters. The maximum absolute atomic E-state index is 11.6. The second-order valence-corrected chi connectivity index (χ2v) is 11.3. The van der Waals surface area contributed by atoms with E-state index >= 15 is 0 Å². The van der Waals surface area contributed by atoms with Gasteiger partial charge >= 0.3 is 5.97 Å². The summed E-state index contributed by atoms with van der Waals surface area (Å²) in [6, 6.07) is 0. The molecule has 0 heterocycles. The minimum absolute atomic E-state index is 0.100. The van der Waals surface area contributed by atoms with Crippen LogP contribution in [0.15, 0.2) is 0 Å². The highest BCUT2D eigenvalue weighted by molar-refractivity contribution is 5.69.